The molecule has 0 saturated carbocycles. The van der Waals surface area contributed by atoms with Crippen LogP contribution in [-0.4, -0.2) is 18.6 Å². The van der Waals surface area contributed by atoms with Crippen molar-refractivity contribution < 1.29 is 0 Å². The minimum absolute atomic E-state index is 0.365. The van der Waals surface area contributed by atoms with E-state index in [1.165, 1.54) is 16.5 Å². The minimum Gasteiger partial charge on any atom is -0.361 e. The Morgan fingerprint density at radius 3 is 2.82 bits per heavy atom. The summed E-state index contributed by atoms with van der Waals surface area (Å²) < 4.78 is 0. The molecule has 0 spiro atoms. The van der Waals surface area contributed by atoms with Crippen LogP contribution in [0.2, 0.25) is 0 Å². The molecule has 92 valence electrons. The van der Waals surface area contributed by atoms with Crippen LogP contribution in [0.25, 0.3) is 10.9 Å². The number of nitrogens with two attached hydrogens (primary N) is 1. The molecule has 3 nitrogen and oxygen atoms in total. The van der Waals surface area contributed by atoms with Gasteiger partial charge in [-0.05, 0) is 37.6 Å². The predicted octanol–water partition coefficient (Wildman–Crippen LogP) is 2.41. The van der Waals surface area contributed by atoms with E-state index in [4.69, 9.17) is 5.73 Å². The molecule has 0 aliphatic heterocycles. The summed E-state index contributed by atoms with van der Waals surface area (Å²) in [5.41, 5.74) is 8.24. The average molecular weight is 231 g/mol. The number of aromatic amines is 1. The highest BCUT2D eigenvalue weighted by molar-refractivity contribution is 5.83. The van der Waals surface area contributed by atoms with Gasteiger partial charge in [-0.2, -0.15) is 0 Å². The van der Waals surface area contributed by atoms with E-state index in [-0.39, 0.29) is 0 Å². The SMILES string of the molecule is CNC(CC(C)CN)c1c[nH]c2ccccc12. The van der Waals surface area contributed by atoms with Crippen molar-refractivity contribution >= 4 is 10.9 Å². The van der Waals surface area contributed by atoms with Crippen molar-refractivity contribution in [3.8, 4) is 0 Å². The highest BCUT2D eigenvalue weighted by Crippen LogP contribution is 2.27. The fourth-order valence-corrected chi connectivity index (χ4v) is 2.28. The minimum atomic E-state index is 0.365. The molecule has 0 bridgehead atoms. The normalized spacial score (nSPS) is 15.0. The number of para-hydroxylation sites is 1. The Kier molecular flexibility index (Phi) is 3.82. The lowest BCUT2D eigenvalue weighted by Crippen LogP contribution is -2.22. The molecule has 2 unspecified atom stereocenters. The van der Waals surface area contributed by atoms with Gasteiger partial charge in [-0.1, -0.05) is 25.1 Å². The average Bonchev–Trinajstić information content (AvgIpc) is 2.79. The van der Waals surface area contributed by atoms with Crippen molar-refractivity contribution in [2.75, 3.05) is 13.6 Å². The molecule has 0 radical (unpaired) electrons. The van der Waals surface area contributed by atoms with Gasteiger partial charge in [0.05, 0.1) is 0 Å². The zero-order chi connectivity index (χ0) is 12.3. The van der Waals surface area contributed by atoms with Gasteiger partial charge in [0.2, 0.25) is 0 Å². The summed E-state index contributed by atoms with van der Waals surface area (Å²) >= 11 is 0. The maximum Gasteiger partial charge on any atom is 0.0457 e. The molecule has 2 atom stereocenters. The summed E-state index contributed by atoms with van der Waals surface area (Å²) in [5.74, 6) is 0.529. The first-order valence-electron chi connectivity index (χ1n) is 6.19. The van der Waals surface area contributed by atoms with Crippen LogP contribution in [0.15, 0.2) is 30.5 Å². The van der Waals surface area contributed by atoms with Gasteiger partial charge < -0.3 is 16.0 Å². The molecule has 1 heterocycles. The van der Waals surface area contributed by atoms with Crippen LogP contribution < -0.4 is 11.1 Å². The molecule has 0 amide bonds. The standard InChI is InChI=1S/C14H21N3/c1-10(8-15)7-14(16-2)12-9-17-13-6-4-3-5-11(12)13/h3-6,9-10,14,16-17H,7-8,15H2,1-2H3. The third kappa shape index (κ3) is 2.51. The third-order valence-corrected chi connectivity index (χ3v) is 3.39. The van der Waals surface area contributed by atoms with Gasteiger partial charge in [-0.3, -0.25) is 0 Å². The second-order valence-electron chi connectivity index (χ2n) is 4.71. The monoisotopic (exact) mass is 231 g/mol. The third-order valence-electron chi connectivity index (χ3n) is 3.39. The second kappa shape index (κ2) is 5.34. The maximum absolute atomic E-state index is 5.71. The van der Waals surface area contributed by atoms with Crippen LogP contribution in [0.5, 0.6) is 0 Å². The quantitative estimate of drug-likeness (QED) is 0.740. The van der Waals surface area contributed by atoms with E-state index in [1.54, 1.807) is 0 Å². The Morgan fingerprint density at radius 2 is 2.12 bits per heavy atom. The van der Waals surface area contributed by atoms with Crippen LogP contribution in [0.3, 0.4) is 0 Å². The van der Waals surface area contributed by atoms with Crippen LogP contribution in [0.4, 0.5) is 0 Å². The highest BCUT2D eigenvalue weighted by atomic mass is 14.9. The van der Waals surface area contributed by atoms with Crippen LogP contribution in [-0.2, 0) is 0 Å². The van der Waals surface area contributed by atoms with Gasteiger partial charge in [-0.25, -0.2) is 0 Å². The summed E-state index contributed by atoms with van der Waals surface area (Å²) in [7, 11) is 2.01. The first kappa shape index (κ1) is 12.1. The Labute approximate surface area is 102 Å². The molecule has 1 aromatic carbocycles. The molecule has 3 heteroatoms. The number of hydrogen-bond donors (Lipinski definition) is 3. The maximum atomic E-state index is 5.71. The number of H-pyrrole nitrogens is 1. The van der Waals surface area contributed by atoms with Crippen molar-refractivity contribution in [3.05, 3.63) is 36.0 Å². The number of fused-ring (bicyclic) bond motifs is 1. The first-order valence-corrected chi connectivity index (χ1v) is 6.19. The Balaban J connectivity index is 2.30. The van der Waals surface area contributed by atoms with Gasteiger partial charge >= 0.3 is 0 Å². The van der Waals surface area contributed by atoms with Gasteiger partial charge in [0, 0.05) is 23.1 Å². The van der Waals surface area contributed by atoms with Crippen LogP contribution in [0.1, 0.15) is 24.9 Å². The fraction of sp³-hybridized carbons (Fsp3) is 0.429. The van der Waals surface area contributed by atoms with E-state index in [0.29, 0.717) is 12.0 Å². The lowest BCUT2D eigenvalue weighted by molar-refractivity contribution is 0.440. The van der Waals surface area contributed by atoms with Crippen molar-refractivity contribution in [3.63, 3.8) is 0 Å². The van der Waals surface area contributed by atoms with Crippen molar-refractivity contribution in [2.24, 2.45) is 11.7 Å². The van der Waals surface area contributed by atoms with Gasteiger partial charge in [-0.15, -0.1) is 0 Å². The number of rotatable bonds is 5. The molecule has 2 rings (SSSR count). The second-order valence-corrected chi connectivity index (χ2v) is 4.71. The molecule has 17 heavy (non-hydrogen) atoms. The molecule has 0 aliphatic carbocycles. The molecule has 4 N–H and O–H groups in total. The van der Waals surface area contributed by atoms with Crippen LogP contribution in [0, 0.1) is 5.92 Å². The summed E-state index contributed by atoms with van der Waals surface area (Å²) in [6.45, 7) is 2.93. The Morgan fingerprint density at radius 1 is 1.35 bits per heavy atom. The summed E-state index contributed by atoms with van der Waals surface area (Å²) in [5, 5.41) is 4.69. The van der Waals surface area contributed by atoms with E-state index in [0.717, 1.165) is 13.0 Å². The van der Waals surface area contributed by atoms with Gasteiger partial charge in [0.25, 0.3) is 0 Å². The van der Waals surface area contributed by atoms with Crippen LogP contribution >= 0.6 is 0 Å². The first-order chi connectivity index (χ1) is 8.26. The molecule has 1 aromatic heterocycles. The van der Waals surface area contributed by atoms with E-state index < -0.39 is 0 Å². The number of aromatic nitrogens is 1. The van der Waals surface area contributed by atoms with Crippen molar-refractivity contribution in [1.82, 2.24) is 10.3 Å². The summed E-state index contributed by atoms with van der Waals surface area (Å²) in [6, 6.07) is 8.78. The summed E-state index contributed by atoms with van der Waals surface area (Å²) in [4.78, 5) is 3.32. The Hall–Kier alpha value is -1.32. The molecule has 0 saturated heterocycles. The summed E-state index contributed by atoms with van der Waals surface area (Å²) in [6.07, 6.45) is 3.17. The largest absolute Gasteiger partial charge is 0.361 e. The fourth-order valence-electron chi connectivity index (χ4n) is 2.28. The zero-order valence-electron chi connectivity index (χ0n) is 10.5. The van der Waals surface area contributed by atoms with E-state index >= 15 is 0 Å². The van der Waals surface area contributed by atoms with Crippen molar-refractivity contribution in [1.29, 1.82) is 0 Å². The Bertz CT molecular complexity index is 475. The number of hydrogen-bond acceptors (Lipinski definition) is 2. The zero-order valence-corrected chi connectivity index (χ0v) is 10.5. The lowest BCUT2D eigenvalue weighted by Gasteiger charge is -2.19. The van der Waals surface area contributed by atoms with Gasteiger partial charge in [0.1, 0.15) is 0 Å². The van der Waals surface area contributed by atoms with E-state index in [1.807, 2.05) is 7.05 Å². The molecule has 2 aromatic rings. The van der Waals surface area contributed by atoms with E-state index in [2.05, 4.69) is 47.7 Å². The molecular formula is C14H21N3. The molecule has 0 aliphatic rings. The highest BCUT2D eigenvalue weighted by Gasteiger charge is 2.16. The lowest BCUT2D eigenvalue weighted by atomic mass is 9.96. The number of benzene rings is 1. The van der Waals surface area contributed by atoms with E-state index in [9.17, 15) is 0 Å². The number of nitrogens with one attached hydrogen (secondary N) is 2. The van der Waals surface area contributed by atoms with Gasteiger partial charge in [0.15, 0.2) is 0 Å². The molecular weight excluding hydrogens is 210 g/mol. The predicted molar refractivity (Wildman–Crippen MR) is 72.9 cm³/mol. The van der Waals surface area contributed by atoms with Crippen molar-refractivity contribution in [2.45, 2.75) is 19.4 Å². The smallest absolute Gasteiger partial charge is 0.0457 e. The topological polar surface area (TPSA) is 53.8 Å². The molecule has 0 fully saturated rings.